The van der Waals surface area contributed by atoms with Crippen LogP contribution < -0.4 is 5.32 Å². The van der Waals surface area contributed by atoms with Crippen LogP contribution in [0.1, 0.15) is 34.9 Å². The lowest BCUT2D eigenvalue weighted by Gasteiger charge is -2.10. The summed E-state index contributed by atoms with van der Waals surface area (Å²) in [5.41, 5.74) is 1.14. The van der Waals surface area contributed by atoms with E-state index < -0.39 is 5.97 Å². The second-order valence-electron chi connectivity index (χ2n) is 3.43. The number of aromatic nitrogens is 1. The lowest BCUT2D eigenvalue weighted by molar-refractivity contribution is 0.0690. The van der Waals surface area contributed by atoms with Crippen LogP contribution in [-0.4, -0.2) is 22.6 Å². The molecule has 0 saturated carbocycles. The van der Waals surface area contributed by atoms with Gasteiger partial charge in [-0.3, -0.25) is 0 Å². The van der Waals surface area contributed by atoms with Crippen LogP contribution in [0.15, 0.2) is 18.3 Å². The van der Waals surface area contributed by atoms with Gasteiger partial charge in [-0.1, -0.05) is 0 Å². The van der Waals surface area contributed by atoms with Gasteiger partial charge < -0.3 is 10.4 Å². The molecule has 0 unspecified atom stereocenters. The molecule has 0 aromatic carbocycles. The minimum Gasteiger partial charge on any atom is -0.477 e. The van der Waals surface area contributed by atoms with E-state index in [-0.39, 0.29) is 5.69 Å². The molecule has 1 aliphatic heterocycles. The van der Waals surface area contributed by atoms with Crippen molar-refractivity contribution in [2.45, 2.75) is 18.9 Å². The maximum Gasteiger partial charge on any atom is 0.354 e. The second-order valence-corrected chi connectivity index (χ2v) is 3.43. The summed E-state index contributed by atoms with van der Waals surface area (Å²) in [6, 6.07) is 3.82. The fourth-order valence-electron chi connectivity index (χ4n) is 1.75. The molecule has 14 heavy (non-hydrogen) atoms. The monoisotopic (exact) mass is 192 g/mol. The highest BCUT2D eigenvalue weighted by Gasteiger charge is 2.17. The molecule has 0 bridgehead atoms. The number of rotatable bonds is 2. The minimum absolute atomic E-state index is 0.121. The number of carboxylic acids is 1. The van der Waals surface area contributed by atoms with Crippen molar-refractivity contribution in [2.75, 3.05) is 6.54 Å². The lowest BCUT2D eigenvalue weighted by Crippen LogP contribution is -2.13. The zero-order valence-corrected chi connectivity index (χ0v) is 7.73. The maximum atomic E-state index is 10.7. The number of nitrogens with zero attached hydrogens (tertiary/aromatic N) is 1. The van der Waals surface area contributed by atoms with Gasteiger partial charge in [0.2, 0.25) is 0 Å². The van der Waals surface area contributed by atoms with Crippen LogP contribution in [0.2, 0.25) is 0 Å². The third-order valence-electron chi connectivity index (χ3n) is 2.47. The molecule has 1 atom stereocenters. The number of aromatic carboxylic acids is 1. The molecule has 0 spiro atoms. The van der Waals surface area contributed by atoms with Crippen LogP contribution in [0.25, 0.3) is 0 Å². The number of carboxylic acid groups (broad SMARTS) is 1. The van der Waals surface area contributed by atoms with E-state index in [1.807, 2.05) is 6.07 Å². The summed E-state index contributed by atoms with van der Waals surface area (Å²) < 4.78 is 0. The van der Waals surface area contributed by atoms with Crippen molar-refractivity contribution in [3.05, 3.63) is 29.6 Å². The maximum absolute atomic E-state index is 10.7. The molecule has 1 aliphatic rings. The molecule has 1 saturated heterocycles. The van der Waals surface area contributed by atoms with Crippen LogP contribution in [0.4, 0.5) is 0 Å². The summed E-state index contributed by atoms with van der Waals surface area (Å²) in [6.45, 7) is 1.01. The highest BCUT2D eigenvalue weighted by atomic mass is 16.4. The number of hydrogen-bond donors (Lipinski definition) is 2. The first-order valence-corrected chi connectivity index (χ1v) is 4.70. The van der Waals surface area contributed by atoms with E-state index in [4.69, 9.17) is 5.11 Å². The zero-order chi connectivity index (χ0) is 9.97. The molecule has 4 heteroatoms. The predicted octanol–water partition coefficient (Wildman–Crippen LogP) is 1.20. The number of hydrogen-bond acceptors (Lipinski definition) is 3. The Morgan fingerprint density at radius 3 is 3.14 bits per heavy atom. The number of carbonyl (C=O) groups is 1. The van der Waals surface area contributed by atoms with Gasteiger partial charge in [-0.2, -0.15) is 0 Å². The molecule has 1 aromatic rings. The van der Waals surface area contributed by atoms with Gasteiger partial charge in [0.05, 0.1) is 0 Å². The van der Waals surface area contributed by atoms with E-state index in [1.165, 1.54) is 0 Å². The summed E-state index contributed by atoms with van der Waals surface area (Å²) in [7, 11) is 0. The first-order valence-electron chi connectivity index (χ1n) is 4.70. The third kappa shape index (κ3) is 1.75. The Morgan fingerprint density at radius 1 is 1.64 bits per heavy atom. The van der Waals surface area contributed by atoms with E-state index in [9.17, 15) is 4.79 Å². The van der Waals surface area contributed by atoms with Gasteiger partial charge in [-0.15, -0.1) is 0 Å². The summed E-state index contributed by atoms with van der Waals surface area (Å²) in [4.78, 5) is 14.5. The van der Waals surface area contributed by atoms with E-state index in [1.54, 1.807) is 12.3 Å². The van der Waals surface area contributed by atoms with Gasteiger partial charge in [-0.05, 0) is 37.1 Å². The summed E-state index contributed by atoms with van der Waals surface area (Å²) >= 11 is 0. The Balaban J connectivity index is 2.25. The van der Waals surface area contributed by atoms with Gasteiger partial charge >= 0.3 is 5.97 Å². The summed E-state index contributed by atoms with van der Waals surface area (Å²) in [6.07, 6.45) is 3.78. The largest absolute Gasteiger partial charge is 0.477 e. The van der Waals surface area contributed by atoms with Crippen molar-refractivity contribution in [3.8, 4) is 0 Å². The summed E-state index contributed by atoms with van der Waals surface area (Å²) in [5.74, 6) is -0.968. The first kappa shape index (κ1) is 9.15. The molecule has 1 aromatic heterocycles. The highest BCUT2D eigenvalue weighted by Crippen LogP contribution is 2.22. The molecular formula is C10H12N2O2. The molecule has 1 fully saturated rings. The molecule has 2 heterocycles. The average Bonchev–Trinajstić information content (AvgIpc) is 2.71. The molecule has 0 amide bonds. The van der Waals surface area contributed by atoms with Crippen LogP contribution in [-0.2, 0) is 0 Å². The number of pyridine rings is 1. The fourth-order valence-corrected chi connectivity index (χ4v) is 1.75. The van der Waals surface area contributed by atoms with E-state index >= 15 is 0 Å². The standard InChI is InChI=1S/C10H12N2O2/c13-10(14)9-6-7(3-5-12-9)8-2-1-4-11-8/h3,5-6,8,11H,1-2,4H2,(H,13,14)/t8-/m0/s1. The first-order chi connectivity index (χ1) is 6.77. The van der Waals surface area contributed by atoms with Crippen molar-refractivity contribution >= 4 is 5.97 Å². The fraction of sp³-hybridized carbons (Fsp3) is 0.400. The quantitative estimate of drug-likeness (QED) is 0.739. The summed E-state index contributed by atoms with van der Waals surface area (Å²) in [5, 5.41) is 12.1. The zero-order valence-electron chi connectivity index (χ0n) is 7.73. The van der Waals surface area contributed by atoms with Crippen LogP contribution in [0.3, 0.4) is 0 Å². The Hall–Kier alpha value is -1.42. The van der Waals surface area contributed by atoms with Gasteiger partial charge in [0.25, 0.3) is 0 Å². The van der Waals surface area contributed by atoms with Crippen molar-refractivity contribution in [1.29, 1.82) is 0 Å². The molecular weight excluding hydrogens is 180 g/mol. The Kier molecular flexibility index (Phi) is 2.45. The average molecular weight is 192 g/mol. The van der Waals surface area contributed by atoms with Gasteiger partial charge in [-0.25, -0.2) is 9.78 Å². The van der Waals surface area contributed by atoms with Gasteiger partial charge in [0, 0.05) is 12.2 Å². The molecule has 4 nitrogen and oxygen atoms in total. The lowest BCUT2D eigenvalue weighted by atomic mass is 10.1. The van der Waals surface area contributed by atoms with Crippen LogP contribution in [0, 0.1) is 0 Å². The topological polar surface area (TPSA) is 62.2 Å². The normalized spacial score (nSPS) is 21.0. The van der Waals surface area contributed by atoms with Crippen LogP contribution in [0.5, 0.6) is 0 Å². The van der Waals surface area contributed by atoms with Crippen molar-refractivity contribution < 1.29 is 9.90 Å². The minimum atomic E-state index is -0.968. The molecule has 2 rings (SSSR count). The molecule has 2 N–H and O–H groups in total. The van der Waals surface area contributed by atoms with Gasteiger partial charge in [0.1, 0.15) is 5.69 Å². The van der Waals surface area contributed by atoms with Gasteiger partial charge in [0.15, 0.2) is 0 Å². The Labute approximate surface area is 82.0 Å². The third-order valence-corrected chi connectivity index (χ3v) is 2.47. The van der Waals surface area contributed by atoms with Crippen molar-refractivity contribution in [3.63, 3.8) is 0 Å². The van der Waals surface area contributed by atoms with E-state index in [0.717, 1.165) is 24.9 Å². The second kappa shape index (κ2) is 3.75. The number of nitrogens with one attached hydrogen (secondary N) is 1. The van der Waals surface area contributed by atoms with Crippen LogP contribution >= 0.6 is 0 Å². The molecule has 0 radical (unpaired) electrons. The smallest absolute Gasteiger partial charge is 0.354 e. The van der Waals surface area contributed by atoms with Crippen molar-refractivity contribution in [1.82, 2.24) is 10.3 Å². The Bertz CT molecular complexity index is 346. The SMILES string of the molecule is O=C(O)c1cc([C@@H]2CCCN2)ccn1. The van der Waals surface area contributed by atoms with Crippen molar-refractivity contribution in [2.24, 2.45) is 0 Å². The molecule has 0 aliphatic carbocycles. The molecule has 74 valence electrons. The predicted molar refractivity (Wildman–Crippen MR) is 51.2 cm³/mol. The Morgan fingerprint density at radius 2 is 2.50 bits per heavy atom. The highest BCUT2D eigenvalue weighted by molar-refractivity contribution is 5.85. The van der Waals surface area contributed by atoms with E-state index in [2.05, 4.69) is 10.3 Å². The van der Waals surface area contributed by atoms with E-state index in [0.29, 0.717) is 6.04 Å².